The van der Waals surface area contributed by atoms with E-state index in [-0.39, 0.29) is 25.2 Å². The Balaban J connectivity index is 1.57. The van der Waals surface area contributed by atoms with Crippen molar-refractivity contribution in [2.24, 2.45) is 5.92 Å². The Morgan fingerprint density at radius 1 is 1.16 bits per heavy atom. The topological polar surface area (TPSA) is 144 Å². The van der Waals surface area contributed by atoms with Gasteiger partial charge in [0.2, 0.25) is 0 Å². The van der Waals surface area contributed by atoms with Gasteiger partial charge in [-0.05, 0) is 44.4 Å². The van der Waals surface area contributed by atoms with Gasteiger partial charge in [0, 0.05) is 6.04 Å². The molecule has 11 nitrogen and oxygen atoms in total. The smallest absolute Gasteiger partial charge is 0.323 e. The highest BCUT2D eigenvalue weighted by molar-refractivity contribution is 5.76. The van der Waals surface area contributed by atoms with Gasteiger partial charge in [-0.25, -0.2) is 9.68 Å². The number of rotatable bonds is 11. The lowest BCUT2D eigenvalue weighted by atomic mass is 10.0. The Labute approximate surface area is 145 Å². The third-order valence-corrected chi connectivity index (χ3v) is 4.68. The summed E-state index contributed by atoms with van der Waals surface area (Å²) in [5, 5.41) is 36.6. The predicted octanol–water partition coefficient (Wildman–Crippen LogP) is 0.623. The quantitative estimate of drug-likeness (QED) is 0.200. The van der Waals surface area contributed by atoms with Gasteiger partial charge in [-0.15, -0.1) is 0 Å². The van der Waals surface area contributed by atoms with Gasteiger partial charge in [-0.1, -0.05) is 6.42 Å². The highest BCUT2D eigenvalue weighted by Crippen LogP contribution is 2.34. The molecule has 5 N–H and O–H groups in total. The van der Waals surface area contributed by atoms with Crippen LogP contribution in [0.2, 0.25) is 0 Å². The molecule has 2 rings (SSSR count). The SMILES string of the molecule is O=C(OCCCCC(CON(O)O)ON(O)O)C1C[C@@H]2CCC[C@@H]2N1. The van der Waals surface area contributed by atoms with Crippen molar-refractivity contribution in [3.05, 3.63) is 0 Å². The molecule has 1 saturated carbocycles. The predicted molar refractivity (Wildman–Crippen MR) is 79.1 cm³/mol. The molecule has 11 heteroatoms. The van der Waals surface area contributed by atoms with Crippen molar-refractivity contribution in [1.82, 2.24) is 16.1 Å². The summed E-state index contributed by atoms with van der Waals surface area (Å²) >= 11 is 0. The number of nitrogens with zero attached hydrogens (tertiary/aromatic N) is 2. The van der Waals surface area contributed by atoms with E-state index in [2.05, 4.69) is 15.0 Å². The summed E-state index contributed by atoms with van der Waals surface area (Å²) in [6, 6.07) is 0.241. The zero-order valence-electron chi connectivity index (χ0n) is 14.0. The molecule has 0 aromatic carbocycles. The lowest BCUT2D eigenvalue weighted by Crippen LogP contribution is -2.36. The first-order valence-electron chi connectivity index (χ1n) is 8.54. The molecule has 0 amide bonds. The molecule has 1 saturated heterocycles. The number of nitrogens with one attached hydrogen (secondary N) is 1. The minimum atomic E-state index is -0.816. The minimum Gasteiger partial charge on any atom is -0.465 e. The molecule has 2 fully saturated rings. The van der Waals surface area contributed by atoms with E-state index in [0.717, 1.165) is 12.8 Å². The first kappa shape index (κ1) is 20.4. The summed E-state index contributed by atoms with van der Waals surface area (Å²) < 4.78 is 5.28. The van der Waals surface area contributed by atoms with Gasteiger partial charge in [-0.3, -0.25) is 25.6 Å². The average Bonchev–Trinajstić information content (AvgIpc) is 3.12. The molecule has 4 atom stereocenters. The molecule has 146 valence electrons. The molecule has 1 aliphatic heterocycles. The van der Waals surface area contributed by atoms with E-state index in [1.165, 1.54) is 12.8 Å². The molecular formula is C14H27N3O8. The second-order valence-electron chi connectivity index (χ2n) is 6.44. The molecule has 1 aliphatic carbocycles. The third kappa shape index (κ3) is 7.09. The van der Waals surface area contributed by atoms with Crippen LogP contribution in [0, 0.1) is 5.92 Å². The molecule has 0 aromatic heterocycles. The van der Waals surface area contributed by atoms with Gasteiger partial charge in [0.05, 0.1) is 17.4 Å². The van der Waals surface area contributed by atoms with Crippen molar-refractivity contribution in [2.45, 2.75) is 63.1 Å². The van der Waals surface area contributed by atoms with Crippen LogP contribution >= 0.6 is 0 Å². The second-order valence-corrected chi connectivity index (χ2v) is 6.44. The Bertz CT molecular complexity index is 400. The highest BCUT2D eigenvalue weighted by Gasteiger charge is 2.40. The highest BCUT2D eigenvalue weighted by atomic mass is 17.1. The standard InChI is InChI=1S/C14H27N3O8/c18-14(13-8-10-4-3-6-12(10)15-13)23-7-2-1-5-11(25-17(21)22)9-24-16(19)20/h10-13,15,19-22H,1-9H2/t10-,11?,12-,13?/m0/s1. The van der Waals surface area contributed by atoms with E-state index in [4.69, 9.17) is 25.6 Å². The fraction of sp³-hybridized carbons (Fsp3) is 0.929. The number of hydrogen-bond donors (Lipinski definition) is 5. The monoisotopic (exact) mass is 365 g/mol. The van der Waals surface area contributed by atoms with E-state index in [1.54, 1.807) is 0 Å². The normalized spacial score (nSPS) is 27.0. The number of esters is 1. The zero-order chi connectivity index (χ0) is 18.2. The number of ether oxygens (including phenoxy) is 1. The molecular weight excluding hydrogens is 338 g/mol. The average molecular weight is 365 g/mol. The van der Waals surface area contributed by atoms with Crippen molar-refractivity contribution >= 4 is 5.97 Å². The molecule has 1 heterocycles. The van der Waals surface area contributed by atoms with Crippen molar-refractivity contribution in [2.75, 3.05) is 13.2 Å². The van der Waals surface area contributed by atoms with Crippen molar-refractivity contribution in [3.8, 4) is 0 Å². The largest absolute Gasteiger partial charge is 0.465 e. The van der Waals surface area contributed by atoms with Crippen LogP contribution in [0.25, 0.3) is 0 Å². The molecule has 25 heavy (non-hydrogen) atoms. The van der Waals surface area contributed by atoms with E-state index in [0.29, 0.717) is 31.2 Å². The van der Waals surface area contributed by atoms with Crippen LogP contribution in [-0.4, -0.2) is 69.0 Å². The van der Waals surface area contributed by atoms with Gasteiger partial charge >= 0.3 is 5.97 Å². The fourth-order valence-corrected chi connectivity index (χ4v) is 3.53. The van der Waals surface area contributed by atoms with Gasteiger partial charge in [0.1, 0.15) is 18.8 Å². The summed E-state index contributed by atoms with van der Waals surface area (Å²) in [6.45, 7) is -0.0484. The van der Waals surface area contributed by atoms with Crippen LogP contribution in [0.4, 0.5) is 0 Å². The fourth-order valence-electron chi connectivity index (χ4n) is 3.53. The van der Waals surface area contributed by atoms with Gasteiger partial charge in [-0.2, -0.15) is 0 Å². The van der Waals surface area contributed by atoms with Crippen LogP contribution in [0.15, 0.2) is 0 Å². The molecule has 0 aromatic rings. The van der Waals surface area contributed by atoms with Crippen LogP contribution in [0.5, 0.6) is 0 Å². The maximum Gasteiger partial charge on any atom is 0.323 e. The number of fused-ring (bicyclic) bond motifs is 1. The summed E-state index contributed by atoms with van der Waals surface area (Å²) in [4.78, 5) is 21.0. The van der Waals surface area contributed by atoms with E-state index >= 15 is 0 Å². The summed E-state index contributed by atoms with van der Waals surface area (Å²) in [5.41, 5.74) is 0. The van der Waals surface area contributed by atoms with Gasteiger partial charge in [0.25, 0.3) is 0 Å². The van der Waals surface area contributed by atoms with Crippen molar-refractivity contribution in [1.29, 1.82) is 0 Å². The van der Waals surface area contributed by atoms with Crippen LogP contribution in [0.3, 0.4) is 0 Å². The number of hydrogen-bond acceptors (Lipinski definition) is 11. The number of carbonyl (C=O) groups is 1. The Morgan fingerprint density at radius 2 is 1.96 bits per heavy atom. The maximum atomic E-state index is 12.0. The Kier molecular flexibility index (Phi) is 8.42. The number of carbonyl (C=O) groups excluding carboxylic acids is 1. The zero-order valence-corrected chi connectivity index (χ0v) is 14.0. The molecule has 0 spiro atoms. The van der Waals surface area contributed by atoms with Gasteiger partial charge < -0.3 is 10.1 Å². The molecule has 2 aliphatic rings. The summed E-state index contributed by atoms with van der Waals surface area (Å²) in [5.74, 6) is 0.367. The molecule has 0 radical (unpaired) electrons. The van der Waals surface area contributed by atoms with E-state index in [9.17, 15) is 4.79 Å². The first-order valence-corrected chi connectivity index (χ1v) is 8.54. The number of unbranched alkanes of at least 4 members (excludes halogenated alkanes) is 1. The minimum absolute atomic E-state index is 0.211. The molecule has 0 bridgehead atoms. The lowest BCUT2D eigenvalue weighted by Gasteiger charge is -2.19. The van der Waals surface area contributed by atoms with Crippen LogP contribution < -0.4 is 5.32 Å². The van der Waals surface area contributed by atoms with Crippen LogP contribution in [-0.2, 0) is 19.2 Å². The summed E-state index contributed by atoms with van der Waals surface area (Å²) in [7, 11) is 0. The van der Waals surface area contributed by atoms with Gasteiger partial charge in [0.15, 0.2) is 0 Å². The van der Waals surface area contributed by atoms with Crippen molar-refractivity contribution < 1.29 is 40.0 Å². The van der Waals surface area contributed by atoms with E-state index in [1.807, 2.05) is 0 Å². The Hall–Kier alpha value is -0.890. The second kappa shape index (κ2) is 10.3. The van der Waals surface area contributed by atoms with E-state index < -0.39 is 16.9 Å². The van der Waals surface area contributed by atoms with Crippen molar-refractivity contribution in [3.63, 3.8) is 0 Å². The Morgan fingerprint density at radius 3 is 2.64 bits per heavy atom. The maximum absolute atomic E-state index is 12.0. The third-order valence-electron chi connectivity index (χ3n) is 4.68. The van der Waals surface area contributed by atoms with Crippen LogP contribution in [0.1, 0.15) is 44.9 Å². The summed E-state index contributed by atoms with van der Waals surface area (Å²) in [6.07, 6.45) is 5.00. The lowest BCUT2D eigenvalue weighted by molar-refractivity contribution is -0.527. The molecule has 2 unspecified atom stereocenters. The first-order chi connectivity index (χ1) is 12.0.